The zero-order chi connectivity index (χ0) is 12.5. The first-order valence-corrected chi connectivity index (χ1v) is 6.39. The Labute approximate surface area is 104 Å². The number of ether oxygens (including phenoxy) is 1. The predicted molar refractivity (Wildman–Crippen MR) is 68.8 cm³/mol. The van der Waals surface area contributed by atoms with Gasteiger partial charge in [0.2, 0.25) is 5.91 Å². The van der Waals surface area contributed by atoms with E-state index in [1.54, 1.807) is 0 Å². The number of nitrogens with zero attached hydrogens (tertiary/aromatic N) is 1. The van der Waals surface area contributed by atoms with Crippen molar-refractivity contribution in [2.75, 3.05) is 13.1 Å². The van der Waals surface area contributed by atoms with E-state index in [0.717, 1.165) is 0 Å². The van der Waals surface area contributed by atoms with Gasteiger partial charge in [0.15, 0.2) is 0 Å². The van der Waals surface area contributed by atoms with Crippen LogP contribution in [-0.4, -0.2) is 40.9 Å². The summed E-state index contributed by atoms with van der Waals surface area (Å²) in [6.45, 7) is 11.4. The maximum atomic E-state index is 12.2. The molecule has 1 heterocycles. The molecule has 1 fully saturated rings. The molecule has 0 aliphatic carbocycles. The zero-order valence-corrected chi connectivity index (χ0v) is 11.8. The standard InChI is InChI=1S/C12H23NO2S/c1-8(2)10(16)11(14)13-6-9(3)15-12(4,5)7-13/h8-10,16H,6-7H2,1-5H3. The lowest BCUT2D eigenvalue weighted by molar-refractivity contribution is -0.158. The lowest BCUT2D eigenvalue weighted by Gasteiger charge is -2.42. The van der Waals surface area contributed by atoms with Gasteiger partial charge in [-0.05, 0) is 26.7 Å². The molecule has 1 amide bonds. The van der Waals surface area contributed by atoms with Gasteiger partial charge < -0.3 is 9.64 Å². The number of thiol groups is 1. The molecule has 2 unspecified atom stereocenters. The van der Waals surface area contributed by atoms with Gasteiger partial charge in [-0.3, -0.25) is 4.79 Å². The number of rotatable bonds is 2. The molecule has 1 saturated heterocycles. The molecule has 0 N–H and O–H groups in total. The van der Waals surface area contributed by atoms with Crippen LogP contribution in [0.15, 0.2) is 0 Å². The molecular formula is C12H23NO2S. The monoisotopic (exact) mass is 245 g/mol. The highest BCUT2D eigenvalue weighted by atomic mass is 32.1. The number of amides is 1. The number of hydrogen-bond donors (Lipinski definition) is 1. The number of hydrogen-bond acceptors (Lipinski definition) is 3. The van der Waals surface area contributed by atoms with Crippen LogP contribution in [0.2, 0.25) is 0 Å². The maximum Gasteiger partial charge on any atom is 0.235 e. The molecule has 3 nitrogen and oxygen atoms in total. The van der Waals surface area contributed by atoms with E-state index in [1.807, 2.05) is 39.5 Å². The molecule has 1 aliphatic heterocycles. The van der Waals surface area contributed by atoms with Crippen LogP contribution in [0.1, 0.15) is 34.6 Å². The summed E-state index contributed by atoms with van der Waals surface area (Å²) >= 11 is 4.38. The Morgan fingerprint density at radius 2 is 2.06 bits per heavy atom. The predicted octanol–water partition coefficient (Wildman–Crippen LogP) is 1.97. The van der Waals surface area contributed by atoms with Crippen LogP contribution < -0.4 is 0 Å². The molecule has 4 heteroatoms. The van der Waals surface area contributed by atoms with Crippen molar-refractivity contribution < 1.29 is 9.53 Å². The number of carbonyl (C=O) groups excluding carboxylic acids is 1. The van der Waals surface area contributed by atoms with E-state index in [0.29, 0.717) is 13.1 Å². The fraction of sp³-hybridized carbons (Fsp3) is 0.917. The van der Waals surface area contributed by atoms with Crippen molar-refractivity contribution in [1.82, 2.24) is 4.90 Å². The van der Waals surface area contributed by atoms with Crippen molar-refractivity contribution in [3.63, 3.8) is 0 Å². The minimum absolute atomic E-state index is 0.0976. The van der Waals surface area contributed by atoms with Crippen molar-refractivity contribution in [1.29, 1.82) is 0 Å². The molecule has 16 heavy (non-hydrogen) atoms. The van der Waals surface area contributed by atoms with Crippen LogP contribution in [-0.2, 0) is 9.53 Å². The van der Waals surface area contributed by atoms with Gasteiger partial charge in [-0.2, -0.15) is 12.6 Å². The smallest absolute Gasteiger partial charge is 0.235 e. The molecule has 1 rings (SSSR count). The van der Waals surface area contributed by atoms with Crippen molar-refractivity contribution in [3.05, 3.63) is 0 Å². The minimum Gasteiger partial charge on any atom is -0.369 e. The first kappa shape index (κ1) is 13.8. The third kappa shape index (κ3) is 3.39. The van der Waals surface area contributed by atoms with Gasteiger partial charge in [-0.1, -0.05) is 13.8 Å². The maximum absolute atomic E-state index is 12.2. The van der Waals surface area contributed by atoms with Crippen molar-refractivity contribution in [2.45, 2.75) is 51.6 Å². The van der Waals surface area contributed by atoms with Crippen LogP contribution in [0.5, 0.6) is 0 Å². The van der Waals surface area contributed by atoms with Gasteiger partial charge in [-0.15, -0.1) is 0 Å². The third-order valence-corrected chi connectivity index (χ3v) is 3.58. The summed E-state index contributed by atoms with van der Waals surface area (Å²) in [6, 6.07) is 0. The fourth-order valence-electron chi connectivity index (χ4n) is 2.09. The largest absolute Gasteiger partial charge is 0.369 e. The minimum atomic E-state index is -0.252. The summed E-state index contributed by atoms with van der Waals surface area (Å²) in [7, 11) is 0. The Balaban J connectivity index is 2.69. The van der Waals surface area contributed by atoms with Crippen LogP contribution in [0.25, 0.3) is 0 Å². The second kappa shape index (κ2) is 4.96. The van der Waals surface area contributed by atoms with Crippen LogP contribution in [0, 0.1) is 5.92 Å². The first-order valence-electron chi connectivity index (χ1n) is 5.87. The van der Waals surface area contributed by atoms with Gasteiger partial charge in [-0.25, -0.2) is 0 Å². The van der Waals surface area contributed by atoms with E-state index in [2.05, 4.69) is 12.6 Å². The average Bonchev–Trinajstić information content (AvgIpc) is 2.12. The van der Waals surface area contributed by atoms with E-state index >= 15 is 0 Å². The van der Waals surface area contributed by atoms with Gasteiger partial charge in [0.1, 0.15) is 0 Å². The van der Waals surface area contributed by atoms with Gasteiger partial charge in [0.25, 0.3) is 0 Å². The van der Waals surface area contributed by atoms with Crippen LogP contribution in [0.4, 0.5) is 0 Å². The molecule has 0 aromatic heterocycles. The summed E-state index contributed by atoms with van der Waals surface area (Å²) in [5.74, 6) is 0.388. The van der Waals surface area contributed by atoms with E-state index in [4.69, 9.17) is 4.74 Å². The molecule has 0 bridgehead atoms. The Kier molecular flexibility index (Phi) is 4.29. The molecule has 0 aromatic rings. The van der Waals surface area contributed by atoms with E-state index in [1.165, 1.54) is 0 Å². The van der Waals surface area contributed by atoms with Crippen molar-refractivity contribution >= 4 is 18.5 Å². The molecule has 0 aromatic carbocycles. The molecule has 94 valence electrons. The lowest BCUT2D eigenvalue weighted by atomic mass is 10.0. The highest BCUT2D eigenvalue weighted by Gasteiger charge is 2.35. The van der Waals surface area contributed by atoms with Gasteiger partial charge >= 0.3 is 0 Å². The second-order valence-electron chi connectivity index (χ2n) is 5.60. The number of morpholine rings is 1. The third-order valence-electron chi connectivity index (χ3n) is 2.77. The highest BCUT2D eigenvalue weighted by molar-refractivity contribution is 7.81. The highest BCUT2D eigenvalue weighted by Crippen LogP contribution is 2.23. The SMILES string of the molecule is CC1CN(C(=O)C(S)C(C)C)CC(C)(C)O1. The van der Waals surface area contributed by atoms with E-state index < -0.39 is 0 Å². The second-order valence-corrected chi connectivity index (χ2v) is 6.15. The lowest BCUT2D eigenvalue weighted by Crippen LogP contribution is -2.55. The summed E-state index contributed by atoms with van der Waals surface area (Å²) in [5, 5.41) is -0.207. The molecule has 0 spiro atoms. The zero-order valence-electron chi connectivity index (χ0n) is 10.9. The summed E-state index contributed by atoms with van der Waals surface area (Å²) < 4.78 is 5.78. The first-order chi connectivity index (χ1) is 7.23. The van der Waals surface area contributed by atoms with Crippen molar-refractivity contribution in [2.24, 2.45) is 5.92 Å². The Morgan fingerprint density at radius 3 is 2.50 bits per heavy atom. The molecule has 1 aliphatic rings. The number of carbonyl (C=O) groups is 1. The molecular weight excluding hydrogens is 222 g/mol. The van der Waals surface area contributed by atoms with Crippen molar-refractivity contribution in [3.8, 4) is 0 Å². The van der Waals surface area contributed by atoms with Crippen LogP contribution >= 0.6 is 12.6 Å². The van der Waals surface area contributed by atoms with E-state index in [-0.39, 0.29) is 28.8 Å². The van der Waals surface area contributed by atoms with Gasteiger partial charge in [0.05, 0.1) is 17.0 Å². The van der Waals surface area contributed by atoms with Crippen LogP contribution in [0.3, 0.4) is 0 Å². The normalized spacial score (nSPS) is 26.9. The summed E-state index contributed by atoms with van der Waals surface area (Å²) in [6.07, 6.45) is 0.0976. The van der Waals surface area contributed by atoms with E-state index in [9.17, 15) is 4.79 Å². The Morgan fingerprint density at radius 1 is 1.50 bits per heavy atom. The molecule has 2 atom stereocenters. The topological polar surface area (TPSA) is 29.5 Å². The quantitative estimate of drug-likeness (QED) is 0.754. The summed E-state index contributed by atoms with van der Waals surface area (Å²) in [5.41, 5.74) is -0.252. The Bertz CT molecular complexity index is 266. The Hall–Kier alpha value is -0.220. The average molecular weight is 245 g/mol. The fourth-order valence-corrected chi connectivity index (χ4v) is 2.26. The molecule has 0 saturated carbocycles. The molecule has 0 radical (unpaired) electrons. The van der Waals surface area contributed by atoms with Gasteiger partial charge in [0, 0.05) is 13.1 Å². The summed E-state index contributed by atoms with van der Waals surface area (Å²) in [4.78, 5) is 14.0.